The first-order chi connectivity index (χ1) is 12.3. The standard InChI is InChI=1S/C17H22F3N3O3/c1-2-26-16(25)23-10-8-22(9-11-23)15(24)6-7-21-14-5-3-4-13(12-14)17(18,19)20/h3-5,12,21H,2,6-11H2,1H3. The highest BCUT2D eigenvalue weighted by molar-refractivity contribution is 5.77. The fourth-order valence-electron chi connectivity index (χ4n) is 2.63. The van der Waals surface area contributed by atoms with E-state index in [1.165, 1.54) is 12.1 Å². The number of piperazine rings is 1. The molecule has 1 aromatic carbocycles. The molecule has 0 radical (unpaired) electrons. The molecule has 2 amide bonds. The van der Waals surface area contributed by atoms with E-state index in [1.807, 2.05) is 0 Å². The highest BCUT2D eigenvalue weighted by Gasteiger charge is 2.30. The molecule has 0 aromatic heterocycles. The van der Waals surface area contributed by atoms with Crippen molar-refractivity contribution in [2.24, 2.45) is 0 Å². The molecule has 9 heteroatoms. The van der Waals surface area contributed by atoms with Crippen LogP contribution in [0, 0.1) is 0 Å². The molecule has 0 bridgehead atoms. The molecule has 1 N–H and O–H groups in total. The zero-order chi connectivity index (χ0) is 19.2. The number of carbonyl (C=O) groups is 2. The van der Waals surface area contributed by atoms with E-state index in [1.54, 1.807) is 16.7 Å². The molecule has 1 aromatic rings. The van der Waals surface area contributed by atoms with Crippen LogP contribution in [-0.4, -0.2) is 61.1 Å². The summed E-state index contributed by atoms with van der Waals surface area (Å²) in [6.07, 6.45) is -4.62. The predicted octanol–water partition coefficient (Wildman–Crippen LogP) is 2.81. The molecule has 0 saturated carbocycles. The minimum absolute atomic E-state index is 0.104. The van der Waals surface area contributed by atoms with Crippen molar-refractivity contribution in [1.29, 1.82) is 0 Å². The Morgan fingerprint density at radius 1 is 1.15 bits per heavy atom. The van der Waals surface area contributed by atoms with Gasteiger partial charge in [-0.3, -0.25) is 4.79 Å². The molecule has 1 fully saturated rings. The first kappa shape index (κ1) is 19.9. The lowest BCUT2D eigenvalue weighted by molar-refractivity contribution is -0.137. The van der Waals surface area contributed by atoms with Gasteiger partial charge in [0, 0.05) is 44.8 Å². The van der Waals surface area contributed by atoms with Crippen LogP contribution in [0.1, 0.15) is 18.9 Å². The highest BCUT2D eigenvalue weighted by Crippen LogP contribution is 2.30. The van der Waals surface area contributed by atoms with Crippen LogP contribution >= 0.6 is 0 Å². The Balaban J connectivity index is 1.75. The highest BCUT2D eigenvalue weighted by atomic mass is 19.4. The van der Waals surface area contributed by atoms with Gasteiger partial charge in [-0.05, 0) is 25.1 Å². The van der Waals surface area contributed by atoms with E-state index in [-0.39, 0.29) is 25.0 Å². The van der Waals surface area contributed by atoms with E-state index in [0.717, 1.165) is 12.1 Å². The summed E-state index contributed by atoms with van der Waals surface area (Å²) in [5.74, 6) is -0.104. The zero-order valence-electron chi connectivity index (χ0n) is 14.5. The van der Waals surface area contributed by atoms with Gasteiger partial charge in [-0.25, -0.2) is 4.79 Å². The van der Waals surface area contributed by atoms with E-state index < -0.39 is 11.7 Å². The second-order valence-electron chi connectivity index (χ2n) is 5.82. The third-order valence-corrected chi connectivity index (χ3v) is 4.02. The molecule has 144 valence electrons. The van der Waals surface area contributed by atoms with Gasteiger partial charge >= 0.3 is 12.3 Å². The molecule has 0 atom stereocenters. The maximum atomic E-state index is 12.7. The number of nitrogens with zero attached hydrogens (tertiary/aromatic N) is 2. The lowest BCUT2D eigenvalue weighted by atomic mass is 10.2. The first-order valence-corrected chi connectivity index (χ1v) is 8.42. The lowest BCUT2D eigenvalue weighted by Crippen LogP contribution is -2.50. The predicted molar refractivity (Wildman–Crippen MR) is 89.7 cm³/mol. The second-order valence-corrected chi connectivity index (χ2v) is 5.82. The molecule has 1 saturated heterocycles. The van der Waals surface area contributed by atoms with Crippen LogP contribution in [0.15, 0.2) is 24.3 Å². The number of alkyl halides is 3. The third-order valence-electron chi connectivity index (χ3n) is 4.02. The fourth-order valence-corrected chi connectivity index (χ4v) is 2.63. The van der Waals surface area contributed by atoms with Crippen molar-refractivity contribution >= 4 is 17.7 Å². The first-order valence-electron chi connectivity index (χ1n) is 8.42. The van der Waals surface area contributed by atoms with Crippen LogP contribution in [-0.2, 0) is 15.7 Å². The maximum absolute atomic E-state index is 12.7. The number of nitrogens with one attached hydrogen (secondary N) is 1. The summed E-state index contributed by atoms with van der Waals surface area (Å²) < 4.78 is 42.9. The van der Waals surface area contributed by atoms with E-state index in [9.17, 15) is 22.8 Å². The van der Waals surface area contributed by atoms with Crippen molar-refractivity contribution in [3.8, 4) is 0 Å². The number of halogens is 3. The molecule has 1 aliphatic heterocycles. The van der Waals surface area contributed by atoms with Gasteiger partial charge in [-0.1, -0.05) is 6.07 Å². The van der Waals surface area contributed by atoms with Gasteiger partial charge in [0.2, 0.25) is 5.91 Å². The largest absolute Gasteiger partial charge is 0.450 e. The average Bonchev–Trinajstić information content (AvgIpc) is 2.61. The monoisotopic (exact) mass is 373 g/mol. The summed E-state index contributed by atoms with van der Waals surface area (Å²) in [5.41, 5.74) is -0.413. The molecule has 0 spiro atoms. The van der Waals surface area contributed by atoms with Crippen molar-refractivity contribution in [2.45, 2.75) is 19.5 Å². The van der Waals surface area contributed by atoms with Gasteiger partial charge < -0.3 is 19.9 Å². The number of hydrogen-bond acceptors (Lipinski definition) is 4. The van der Waals surface area contributed by atoms with Gasteiger partial charge in [0.25, 0.3) is 0 Å². The summed E-state index contributed by atoms with van der Waals surface area (Å²) in [6, 6.07) is 4.86. The molecule has 1 heterocycles. The minimum atomic E-state index is -4.40. The molecular weight excluding hydrogens is 351 g/mol. The average molecular weight is 373 g/mol. The number of carbonyl (C=O) groups excluding carboxylic acids is 2. The van der Waals surface area contributed by atoms with Gasteiger partial charge in [0.15, 0.2) is 0 Å². The topological polar surface area (TPSA) is 61.9 Å². The van der Waals surface area contributed by atoms with Crippen molar-refractivity contribution in [3.05, 3.63) is 29.8 Å². The Morgan fingerprint density at radius 3 is 2.42 bits per heavy atom. The van der Waals surface area contributed by atoms with Crippen LogP contribution in [0.3, 0.4) is 0 Å². The summed E-state index contributed by atoms with van der Waals surface area (Å²) in [5, 5.41) is 2.84. The van der Waals surface area contributed by atoms with Crippen LogP contribution in [0.2, 0.25) is 0 Å². The fraction of sp³-hybridized carbons (Fsp3) is 0.529. The van der Waals surface area contributed by atoms with E-state index in [4.69, 9.17) is 4.74 Å². The molecule has 6 nitrogen and oxygen atoms in total. The summed E-state index contributed by atoms with van der Waals surface area (Å²) in [6.45, 7) is 3.92. The van der Waals surface area contributed by atoms with Crippen molar-refractivity contribution < 1.29 is 27.5 Å². The molecule has 26 heavy (non-hydrogen) atoms. The Bertz CT molecular complexity index is 629. The van der Waals surface area contributed by atoms with Crippen LogP contribution in [0.25, 0.3) is 0 Å². The molecule has 1 aliphatic rings. The third kappa shape index (κ3) is 5.53. The number of amides is 2. The normalized spacial score (nSPS) is 14.9. The Labute approximate surface area is 149 Å². The van der Waals surface area contributed by atoms with Crippen LogP contribution in [0.4, 0.5) is 23.7 Å². The van der Waals surface area contributed by atoms with Gasteiger partial charge in [-0.15, -0.1) is 0 Å². The van der Waals surface area contributed by atoms with Gasteiger partial charge in [0.1, 0.15) is 0 Å². The lowest BCUT2D eigenvalue weighted by Gasteiger charge is -2.34. The Hall–Kier alpha value is -2.45. The van der Waals surface area contributed by atoms with Gasteiger partial charge in [-0.2, -0.15) is 13.2 Å². The summed E-state index contributed by atoms with van der Waals surface area (Å²) >= 11 is 0. The number of ether oxygens (including phenoxy) is 1. The van der Waals surface area contributed by atoms with E-state index >= 15 is 0 Å². The Morgan fingerprint density at radius 2 is 1.81 bits per heavy atom. The number of rotatable bonds is 5. The van der Waals surface area contributed by atoms with Crippen molar-refractivity contribution in [1.82, 2.24) is 9.80 Å². The molecule has 0 aliphatic carbocycles. The minimum Gasteiger partial charge on any atom is -0.450 e. The molecular formula is C17H22F3N3O3. The van der Waals surface area contributed by atoms with Gasteiger partial charge in [0.05, 0.1) is 12.2 Å². The SMILES string of the molecule is CCOC(=O)N1CCN(C(=O)CCNc2cccc(C(F)(F)F)c2)CC1. The number of benzene rings is 1. The maximum Gasteiger partial charge on any atom is 0.416 e. The van der Waals surface area contributed by atoms with Crippen molar-refractivity contribution in [3.63, 3.8) is 0 Å². The molecule has 2 rings (SSSR count). The van der Waals surface area contributed by atoms with Crippen LogP contribution < -0.4 is 5.32 Å². The van der Waals surface area contributed by atoms with Crippen molar-refractivity contribution in [2.75, 3.05) is 44.6 Å². The smallest absolute Gasteiger partial charge is 0.416 e. The number of anilines is 1. The zero-order valence-corrected chi connectivity index (χ0v) is 14.5. The summed E-state index contributed by atoms with van der Waals surface area (Å²) in [7, 11) is 0. The van der Waals surface area contributed by atoms with E-state index in [2.05, 4.69) is 5.32 Å². The molecule has 0 unspecified atom stereocenters. The van der Waals surface area contributed by atoms with Crippen LogP contribution in [0.5, 0.6) is 0 Å². The van der Waals surface area contributed by atoms with E-state index in [0.29, 0.717) is 38.5 Å². The quantitative estimate of drug-likeness (QED) is 0.862. The second kappa shape index (κ2) is 8.77. The summed E-state index contributed by atoms with van der Waals surface area (Å²) in [4.78, 5) is 27.0. The Kier molecular flexibility index (Phi) is 6.70. The number of hydrogen-bond donors (Lipinski definition) is 1.